The third-order valence-electron chi connectivity index (χ3n) is 2.62. The molecule has 0 radical (unpaired) electrons. The molecule has 0 amide bonds. The van der Waals surface area contributed by atoms with Gasteiger partial charge in [-0.3, -0.25) is 0 Å². The molecule has 15 heavy (non-hydrogen) atoms. The maximum Gasteiger partial charge on any atom is 0.0172 e. The quantitative estimate of drug-likeness (QED) is 0.609. The number of allylic oxidation sites excluding steroid dienone is 5. The summed E-state index contributed by atoms with van der Waals surface area (Å²) in [6.07, 6.45) is 16.0. The number of hydrogen-bond acceptors (Lipinski definition) is 1. The summed E-state index contributed by atoms with van der Waals surface area (Å²) in [6, 6.07) is 0. The van der Waals surface area contributed by atoms with Crippen LogP contribution >= 0.6 is 0 Å². The Morgan fingerprint density at radius 3 is 2.00 bits per heavy atom. The molecule has 0 aliphatic heterocycles. The van der Waals surface area contributed by atoms with E-state index in [0.717, 1.165) is 0 Å². The van der Waals surface area contributed by atoms with E-state index in [1.54, 1.807) is 0 Å². The average Bonchev–Trinajstić information content (AvgIpc) is 2.74. The van der Waals surface area contributed by atoms with Gasteiger partial charge in [0.05, 0.1) is 0 Å². The van der Waals surface area contributed by atoms with Gasteiger partial charge in [-0.1, -0.05) is 51.0 Å². The van der Waals surface area contributed by atoms with Gasteiger partial charge < -0.3 is 4.90 Å². The lowest BCUT2D eigenvalue weighted by atomic mass is 10.2. The summed E-state index contributed by atoms with van der Waals surface area (Å²) < 4.78 is 0. The molecule has 0 saturated heterocycles. The Balaban J connectivity index is 2.43. The van der Waals surface area contributed by atoms with Gasteiger partial charge in [0.2, 0.25) is 0 Å². The van der Waals surface area contributed by atoms with E-state index in [-0.39, 0.29) is 0 Å². The Morgan fingerprint density at radius 2 is 1.53 bits per heavy atom. The fourth-order valence-corrected chi connectivity index (χ4v) is 1.65. The highest BCUT2D eigenvalue weighted by atomic mass is 15.1. The Labute approximate surface area is 94.2 Å². The van der Waals surface area contributed by atoms with Crippen molar-refractivity contribution >= 4 is 0 Å². The van der Waals surface area contributed by atoms with E-state index in [1.807, 2.05) is 0 Å². The lowest BCUT2D eigenvalue weighted by molar-refractivity contribution is 0.359. The van der Waals surface area contributed by atoms with Crippen LogP contribution in [0.25, 0.3) is 0 Å². The first-order valence-electron chi connectivity index (χ1n) is 6.17. The summed E-state index contributed by atoms with van der Waals surface area (Å²) in [4.78, 5) is 2.46. The molecule has 1 aliphatic carbocycles. The molecule has 0 spiro atoms. The highest BCUT2D eigenvalue weighted by Gasteiger charge is 2.00. The minimum absolute atomic E-state index is 1.20. The zero-order valence-corrected chi connectivity index (χ0v) is 10.1. The number of unbranched alkanes of at least 4 members (excludes halogenated alkanes) is 2. The van der Waals surface area contributed by atoms with Crippen LogP contribution in [0, 0.1) is 0 Å². The van der Waals surface area contributed by atoms with E-state index in [9.17, 15) is 0 Å². The first kappa shape index (κ1) is 12.1. The van der Waals surface area contributed by atoms with Crippen LogP contribution in [0.3, 0.4) is 0 Å². The molecule has 0 aromatic carbocycles. The molecule has 1 nitrogen and oxygen atoms in total. The van der Waals surface area contributed by atoms with Crippen LogP contribution < -0.4 is 0 Å². The third kappa shape index (κ3) is 4.87. The van der Waals surface area contributed by atoms with Gasteiger partial charge in [0.15, 0.2) is 0 Å². The zero-order valence-electron chi connectivity index (χ0n) is 10.1. The molecule has 0 aromatic heterocycles. The van der Waals surface area contributed by atoms with Crippen molar-refractivity contribution < 1.29 is 0 Å². The Hall–Kier alpha value is -0.980. The molecular formula is C14H23N. The summed E-state index contributed by atoms with van der Waals surface area (Å²) in [5, 5.41) is 0. The standard InChI is InChI=1S/C14H23N/c1-3-5-11-15(12-6-4-2)13-14-9-7-8-10-14/h7-10,13H,3-6,11-12H2,1-2H3. The summed E-state index contributed by atoms with van der Waals surface area (Å²) in [6.45, 7) is 6.89. The van der Waals surface area contributed by atoms with Gasteiger partial charge in [0, 0.05) is 19.3 Å². The molecule has 0 bridgehead atoms. The highest BCUT2D eigenvalue weighted by molar-refractivity contribution is 5.39. The molecule has 84 valence electrons. The van der Waals surface area contributed by atoms with E-state index in [1.165, 1.54) is 44.3 Å². The molecule has 0 saturated carbocycles. The maximum atomic E-state index is 2.46. The number of nitrogens with zero attached hydrogens (tertiary/aromatic N) is 1. The molecule has 0 fully saturated rings. The number of rotatable bonds is 7. The summed E-state index contributed by atoms with van der Waals surface area (Å²) in [5.41, 5.74) is 1.34. The second-order valence-corrected chi connectivity index (χ2v) is 4.09. The van der Waals surface area contributed by atoms with E-state index < -0.39 is 0 Å². The molecule has 0 aromatic rings. The zero-order chi connectivity index (χ0) is 10.9. The van der Waals surface area contributed by atoms with E-state index in [2.05, 4.69) is 49.3 Å². The largest absolute Gasteiger partial charge is 0.377 e. The van der Waals surface area contributed by atoms with E-state index >= 15 is 0 Å². The fraction of sp³-hybridized carbons (Fsp3) is 0.571. The minimum atomic E-state index is 1.20. The van der Waals surface area contributed by atoms with Crippen LogP contribution in [0.1, 0.15) is 39.5 Å². The van der Waals surface area contributed by atoms with Gasteiger partial charge in [-0.2, -0.15) is 0 Å². The van der Waals surface area contributed by atoms with E-state index in [0.29, 0.717) is 0 Å². The molecule has 0 heterocycles. The van der Waals surface area contributed by atoms with Crippen molar-refractivity contribution in [3.05, 3.63) is 36.1 Å². The van der Waals surface area contributed by atoms with Gasteiger partial charge in [-0.05, 0) is 18.4 Å². The molecule has 1 aliphatic rings. The Morgan fingerprint density at radius 1 is 1.00 bits per heavy atom. The topological polar surface area (TPSA) is 3.24 Å². The SMILES string of the molecule is CCCCN(C=C1C=CC=C1)CCCC. The lowest BCUT2D eigenvalue weighted by Crippen LogP contribution is -2.20. The van der Waals surface area contributed by atoms with Crippen molar-refractivity contribution in [3.8, 4) is 0 Å². The molecule has 0 unspecified atom stereocenters. The third-order valence-corrected chi connectivity index (χ3v) is 2.62. The first-order valence-corrected chi connectivity index (χ1v) is 6.17. The summed E-state index contributed by atoms with van der Waals surface area (Å²) in [7, 11) is 0. The lowest BCUT2D eigenvalue weighted by Gasteiger charge is -2.20. The first-order chi connectivity index (χ1) is 7.36. The molecule has 0 atom stereocenters. The van der Waals surface area contributed by atoms with Crippen LogP contribution in [0.15, 0.2) is 36.1 Å². The van der Waals surface area contributed by atoms with Gasteiger partial charge in [-0.25, -0.2) is 0 Å². The molecule has 1 rings (SSSR count). The van der Waals surface area contributed by atoms with Crippen LogP contribution in [-0.4, -0.2) is 18.0 Å². The van der Waals surface area contributed by atoms with Gasteiger partial charge in [-0.15, -0.1) is 0 Å². The smallest absolute Gasteiger partial charge is 0.0172 e. The second-order valence-electron chi connectivity index (χ2n) is 4.09. The van der Waals surface area contributed by atoms with Gasteiger partial charge in [0.25, 0.3) is 0 Å². The monoisotopic (exact) mass is 205 g/mol. The highest BCUT2D eigenvalue weighted by Crippen LogP contribution is 2.10. The van der Waals surface area contributed by atoms with Crippen molar-refractivity contribution in [2.24, 2.45) is 0 Å². The van der Waals surface area contributed by atoms with Crippen molar-refractivity contribution in [2.45, 2.75) is 39.5 Å². The van der Waals surface area contributed by atoms with Gasteiger partial charge in [0.1, 0.15) is 0 Å². The average molecular weight is 205 g/mol. The normalized spacial score (nSPS) is 13.6. The molecule has 0 N–H and O–H groups in total. The minimum Gasteiger partial charge on any atom is -0.377 e. The van der Waals surface area contributed by atoms with Crippen molar-refractivity contribution in [1.29, 1.82) is 0 Å². The van der Waals surface area contributed by atoms with Gasteiger partial charge >= 0.3 is 0 Å². The summed E-state index contributed by atoms with van der Waals surface area (Å²) >= 11 is 0. The van der Waals surface area contributed by atoms with Crippen LogP contribution in [0.5, 0.6) is 0 Å². The second kappa shape index (κ2) is 7.33. The fourth-order valence-electron chi connectivity index (χ4n) is 1.65. The number of hydrogen-bond donors (Lipinski definition) is 0. The van der Waals surface area contributed by atoms with Crippen LogP contribution in [0.2, 0.25) is 0 Å². The molecule has 1 heteroatoms. The summed E-state index contributed by atoms with van der Waals surface area (Å²) in [5.74, 6) is 0. The van der Waals surface area contributed by atoms with Crippen LogP contribution in [-0.2, 0) is 0 Å². The predicted molar refractivity (Wildman–Crippen MR) is 67.8 cm³/mol. The van der Waals surface area contributed by atoms with Crippen molar-refractivity contribution in [2.75, 3.05) is 13.1 Å². The Bertz CT molecular complexity index is 226. The van der Waals surface area contributed by atoms with Crippen molar-refractivity contribution in [3.63, 3.8) is 0 Å². The molecular weight excluding hydrogens is 182 g/mol. The maximum absolute atomic E-state index is 2.46. The van der Waals surface area contributed by atoms with E-state index in [4.69, 9.17) is 0 Å². The Kier molecular flexibility index (Phi) is 5.91. The predicted octanol–water partition coefficient (Wildman–Crippen LogP) is 3.90. The van der Waals surface area contributed by atoms with Crippen LogP contribution in [0.4, 0.5) is 0 Å². The van der Waals surface area contributed by atoms with Crippen molar-refractivity contribution in [1.82, 2.24) is 4.90 Å².